The van der Waals surface area contributed by atoms with Crippen LogP contribution in [-0.2, 0) is 4.79 Å². The van der Waals surface area contributed by atoms with Gasteiger partial charge in [-0.25, -0.2) is 0 Å². The molecule has 1 rings (SSSR count). The molecule has 0 fully saturated rings. The molecule has 0 amide bonds. The Morgan fingerprint density at radius 2 is 1.89 bits per heavy atom. The summed E-state index contributed by atoms with van der Waals surface area (Å²) in [5.41, 5.74) is 12.4. The van der Waals surface area contributed by atoms with Crippen LogP contribution in [0, 0.1) is 0 Å². The van der Waals surface area contributed by atoms with Gasteiger partial charge in [0.05, 0.1) is 20.6 Å². The number of carboxylic acids is 1. The van der Waals surface area contributed by atoms with Crippen LogP contribution in [0.15, 0.2) is 18.2 Å². The number of ether oxygens (including phenoxy) is 2. The van der Waals surface area contributed by atoms with Crippen molar-refractivity contribution >= 4 is 5.97 Å². The quantitative estimate of drug-likeness (QED) is 0.682. The summed E-state index contributed by atoms with van der Waals surface area (Å²) >= 11 is 0. The van der Waals surface area contributed by atoms with Crippen LogP contribution in [0.3, 0.4) is 0 Å². The summed E-state index contributed by atoms with van der Waals surface area (Å²) in [5.74, 6) is 0.145. The lowest BCUT2D eigenvalue weighted by molar-refractivity contribution is -0.137. The zero-order valence-electron chi connectivity index (χ0n) is 10.4. The van der Waals surface area contributed by atoms with Gasteiger partial charge in [-0.3, -0.25) is 4.79 Å². The zero-order chi connectivity index (χ0) is 13.7. The molecule has 2 unspecified atom stereocenters. The maximum atomic E-state index is 10.6. The SMILES string of the molecule is COc1ccc(C(N)C(N)CC(=O)O)cc1OC. The Bertz CT molecular complexity index is 423. The number of carboxylic acid groups (broad SMARTS) is 1. The average molecular weight is 254 g/mol. The van der Waals surface area contributed by atoms with Crippen LogP contribution in [0.25, 0.3) is 0 Å². The number of benzene rings is 1. The first-order valence-corrected chi connectivity index (χ1v) is 5.44. The third-order valence-electron chi connectivity index (χ3n) is 2.66. The first-order valence-electron chi connectivity index (χ1n) is 5.44. The molecule has 6 heteroatoms. The molecule has 18 heavy (non-hydrogen) atoms. The highest BCUT2D eigenvalue weighted by Crippen LogP contribution is 2.30. The van der Waals surface area contributed by atoms with Gasteiger partial charge in [-0.2, -0.15) is 0 Å². The largest absolute Gasteiger partial charge is 0.493 e. The van der Waals surface area contributed by atoms with Gasteiger partial charge in [0, 0.05) is 12.1 Å². The normalized spacial score (nSPS) is 13.8. The van der Waals surface area contributed by atoms with E-state index in [1.807, 2.05) is 0 Å². The van der Waals surface area contributed by atoms with E-state index in [1.165, 1.54) is 14.2 Å². The van der Waals surface area contributed by atoms with E-state index in [4.69, 9.17) is 26.0 Å². The molecule has 0 spiro atoms. The molecular weight excluding hydrogens is 236 g/mol. The maximum absolute atomic E-state index is 10.6. The number of nitrogens with two attached hydrogens (primary N) is 2. The molecule has 0 bridgehead atoms. The van der Waals surface area contributed by atoms with Gasteiger partial charge in [-0.05, 0) is 17.7 Å². The van der Waals surface area contributed by atoms with Crippen molar-refractivity contribution < 1.29 is 19.4 Å². The fourth-order valence-corrected chi connectivity index (χ4v) is 1.64. The summed E-state index contributed by atoms with van der Waals surface area (Å²) in [6.45, 7) is 0. The van der Waals surface area contributed by atoms with E-state index in [9.17, 15) is 4.79 Å². The predicted octanol–water partition coefficient (Wildman–Crippen LogP) is 0.506. The lowest BCUT2D eigenvalue weighted by Crippen LogP contribution is -2.36. The van der Waals surface area contributed by atoms with Crippen LogP contribution in [0.1, 0.15) is 18.0 Å². The number of rotatable bonds is 6. The highest BCUT2D eigenvalue weighted by atomic mass is 16.5. The van der Waals surface area contributed by atoms with E-state index in [2.05, 4.69) is 0 Å². The van der Waals surface area contributed by atoms with Crippen LogP contribution < -0.4 is 20.9 Å². The van der Waals surface area contributed by atoms with Crippen LogP contribution in [-0.4, -0.2) is 31.3 Å². The first kappa shape index (κ1) is 14.3. The summed E-state index contributed by atoms with van der Waals surface area (Å²) in [6, 6.07) is 3.93. The third kappa shape index (κ3) is 3.35. The van der Waals surface area contributed by atoms with Gasteiger partial charge in [0.1, 0.15) is 0 Å². The van der Waals surface area contributed by atoms with E-state index < -0.39 is 18.1 Å². The van der Waals surface area contributed by atoms with Gasteiger partial charge in [0.25, 0.3) is 0 Å². The number of carbonyl (C=O) groups is 1. The second-order valence-corrected chi connectivity index (χ2v) is 3.90. The minimum Gasteiger partial charge on any atom is -0.493 e. The fraction of sp³-hybridized carbons (Fsp3) is 0.417. The van der Waals surface area contributed by atoms with Gasteiger partial charge >= 0.3 is 5.97 Å². The highest BCUT2D eigenvalue weighted by molar-refractivity contribution is 5.67. The van der Waals surface area contributed by atoms with Crippen LogP contribution >= 0.6 is 0 Å². The van der Waals surface area contributed by atoms with Gasteiger partial charge < -0.3 is 26.0 Å². The molecule has 100 valence electrons. The minimum atomic E-state index is -0.974. The topological polar surface area (TPSA) is 108 Å². The summed E-state index contributed by atoms with van der Waals surface area (Å²) in [7, 11) is 3.05. The predicted molar refractivity (Wildman–Crippen MR) is 66.7 cm³/mol. The van der Waals surface area contributed by atoms with Gasteiger partial charge in [0.15, 0.2) is 11.5 Å². The van der Waals surface area contributed by atoms with E-state index in [-0.39, 0.29) is 6.42 Å². The Labute approximate surface area is 105 Å². The van der Waals surface area contributed by atoms with Crippen LogP contribution in [0.4, 0.5) is 0 Å². The van der Waals surface area contributed by atoms with Gasteiger partial charge in [-0.15, -0.1) is 0 Å². The first-order chi connectivity index (χ1) is 8.49. The van der Waals surface area contributed by atoms with Crippen LogP contribution in [0.2, 0.25) is 0 Å². The summed E-state index contributed by atoms with van der Waals surface area (Å²) in [4.78, 5) is 10.6. The number of hydrogen-bond donors (Lipinski definition) is 3. The third-order valence-corrected chi connectivity index (χ3v) is 2.66. The maximum Gasteiger partial charge on any atom is 0.304 e. The smallest absolute Gasteiger partial charge is 0.304 e. The second kappa shape index (κ2) is 6.23. The number of aliphatic carboxylic acids is 1. The molecule has 0 saturated heterocycles. The molecule has 6 nitrogen and oxygen atoms in total. The molecule has 0 aliphatic heterocycles. The van der Waals surface area contributed by atoms with E-state index >= 15 is 0 Å². The number of hydrogen-bond acceptors (Lipinski definition) is 5. The van der Waals surface area contributed by atoms with Gasteiger partial charge in [0.2, 0.25) is 0 Å². The highest BCUT2D eigenvalue weighted by Gasteiger charge is 2.19. The van der Waals surface area contributed by atoms with Crippen LogP contribution in [0.5, 0.6) is 11.5 Å². The summed E-state index contributed by atoms with van der Waals surface area (Å²) in [5, 5.41) is 8.68. The average Bonchev–Trinajstić information content (AvgIpc) is 2.36. The van der Waals surface area contributed by atoms with Crippen molar-refractivity contribution in [2.45, 2.75) is 18.5 Å². The van der Waals surface area contributed by atoms with E-state index in [1.54, 1.807) is 18.2 Å². The van der Waals surface area contributed by atoms with E-state index in [0.717, 1.165) is 0 Å². The molecule has 5 N–H and O–H groups in total. The van der Waals surface area contributed by atoms with Crippen molar-refractivity contribution in [1.29, 1.82) is 0 Å². The zero-order valence-corrected chi connectivity index (χ0v) is 10.4. The Morgan fingerprint density at radius 3 is 2.39 bits per heavy atom. The van der Waals surface area contributed by atoms with Crippen molar-refractivity contribution in [2.75, 3.05) is 14.2 Å². The fourth-order valence-electron chi connectivity index (χ4n) is 1.64. The minimum absolute atomic E-state index is 0.185. The summed E-state index contributed by atoms with van der Waals surface area (Å²) < 4.78 is 10.3. The van der Waals surface area contributed by atoms with Crippen molar-refractivity contribution in [3.05, 3.63) is 23.8 Å². The Balaban J connectivity index is 2.92. The van der Waals surface area contributed by atoms with Crippen molar-refractivity contribution in [3.63, 3.8) is 0 Å². The number of methoxy groups -OCH3 is 2. The molecular formula is C12H18N2O4. The molecule has 0 radical (unpaired) electrons. The Morgan fingerprint density at radius 1 is 1.28 bits per heavy atom. The molecule has 0 aliphatic carbocycles. The second-order valence-electron chi connectivity index (χ2n) is 3.90. The molecule has 1 aromatic carbocycles. The molecule has 0 saturated carbocycles. The van der Waals surface area contributed by atoms with Crippen molar-refractivity contribution in [1.82, 2.24) is 0 Å². The lowest BCUT2D eigenvalue weighted by Gasteiger charge is -2.19. The molecule has 0 aliphatic rings. The van der Waals surface area contributed by atoms with Gasteiger partial charge in [-0.1, -0.05) is 6.07 Å². The lowest BCUT2D eigenvalue weighted by atomic mass is 9.98. The molecule has 2 atom stereocenters. The van der Waals surface area contributed by atoms with E-state index in [0.29, 0.717) is 17.1 Å². The monoisotopic (exact) mass is 254 g/mol. The van der Waals surface area contributed by atoms with Crippen molar-refractivity contribution in [2.24, 2.45) is 11.5 Å². The standard InChI is InChI=1S/C12H18N2O4/c1-17-9-4-3-7(5-10(9)18-2)12(14)8(13)6-11(15)16/h3-5,8,12H,6,13-14H2,1-2H3,(H,15,16). The molecule has 0 heterocycles. The Hall–Kier alpha value is -1.79. The molecule has 0 aromatic heterocycles. The summed E-state index contributed by atoms with van der Waals surface area (Å²) in [6.07, 6.45) is -0.185. The van der Waals surface area contributed by atoms with Crippen molar-refractivity contribution in [3.8, 4) is 11.5 Å². The molecule has 1 aromatic rings. The Kier molecular flexibility index (Phi) is 4.94.